The van der Waals surface area contributed by atoms with Gasteiger partial charge in [0, 0.05) is 49.4 Å². The molecule has 0 bridgehead atoms. The van der Waals surface area contributed by atoms with E-state index in [1.165, 1.54) is 0 Å². The molecule has 1 amide bonds. The number of nitrogens with one attached hydrogen (secondary N) is 1. The van der Waals surface area contributed by atoms with Gasteiger partial charge in [0.05, 0.1) is 17.1 Å². The first-order valence-corrected chi connectivity index (χ1v) is 11.7. The summed E-state index contributed by atoms with van der Waals surface area (Å²) in [6.45, 7) is 5.06. The Bertz CT molecular complexity index is 1130. The van der Waals surface area contributed by atoms with Gasteiger partial charge in [0.25, 0.3) is 5.56 Å². The van der Waals surface area contributed by atoms with Gasteiger partial charge >= 0.3 is 0 Å². The van der Waals surface area contributed by atoms with Crippen LogP contribution in [0.15, 0.2) is 53.3 Å². The molecule has 0 saturated carbocycles. The summed E-state index contributed by atoms with van der Waals surface area (Å²) in [5.41, 5.74) is 1.99. The van der Waals surface area contributed by atoms with E-state index in [0.717, 1.165) is 49.1 Å². The molecule has 1 saturated heterocycles. The third kappa shape index (κ3) is 5.19. The molecule has 168 valence electrons. The number of carbonyl (C=O) groups excluding carboxylic acids is 1. The molecule has 0 unspecified atom stereocenters. The predicted octanol–water partition coefficient (Wildman–Crippen LogP) is 3.80. The summed E-state index contributed by atoms with van der Waals surface area (Å²) in [5, 5.41) is 10.0. The second kappa shape index (κ2) is 10.3. The van der Waals surface area contributed by atoms with Gasteiger partial charge in [0.1, 0.15) is 0 Å². The van der Waals surface area contributed by atoms with E-state index in [0.29, 0.717) is 29.8 Å². The summed E-state index contributed by atoms with van der Waals surface area (Å²) in [4.78, 5) is 27.3. The molecule has 6 nitrogen and oxygen atoms in total. The Morgan fingerprint density at radius 1 is 1.09 bits per heavy atom. The number of likely N-dealkylation sites (tertiary alicyclic amines) is 1. The first kappa shape index (κ1) is 22.5. The van der Waals surface area contributed by atoms with Crippen LogP contribution in [0.2, 0.25) is 5.02 Å². The van der Waals surface area contributed by atoms with E-state index >= 15 is 0 Å². The van der Waals surface area contributed by atoms with Crippen LogP contribution in [-0.4, -0.2) is 46.8 Å². The monoisotopic (exact) mass is 452 g/mol. The third-order valence-corrected chi connectivity index (χ3v) is 6.37. The summed E-state index contributed by atoms with van der Waals surface area (Å²) in [7, 11) is 0. The average molecular weight is 453 g/mol. The number of hydrogen-bond acceptors (Lipinski definition) is 4. The molecule has 2 aromatic carbocycles. The summed E-state index contributed by atoms with van der Waals surface area (Å²) in [6, 6.07) is 15.6. The number of amides is 1. The fourth-order valence-electron chi connectivity index (χ4n) is 4.38. The lowest BCUT2D eigenvalue weighted by atomic mass is 10.0. The van der Waals surface area contributed by atoms with Crippen molar-refractivity contribution in [1.29, 1.82) is 0 Å². The molecule has 4 rings (SSSR count). The van der Waals surface area contributed by atoms with Crippen molar-refractivity contribution in [2.24, 2.45) is 0 Å². The average Bonchev–Trinajstić information content (AvgIpc) is 2.82. The summed E-state index contributed by atoms with van der Waals surface area (Å²) < 4.78 is 1.70. The minimum atomic E-state index is -0.0266. The molecule has 1 N–H and O–H groups in total. The van der Waals surface area contributed by atoms with Crippen LogP contribution in [0, 0.1) is 0 Å². The Labute approximate surface area is 193 Å². The lowest BCUT2D eigenvalue weighted by Gasteiger charge is -2.32. The molecule has 3 aromatic rings. The lowest BCUT2D eigenvalue weighted by Crippen LogP contribution is -2.40. The van der Waals surface area contributed by atoms with E-state index in [-0.39, 0.29) is 17.5 Å². The molecule has 0 atom stereocenters. The zero-order valence-corrected chi connectivity index (χ0v) is 19.1. The predicted molar refractivity (Wildman–Crippen MR) is 128 cm³/mol. The topological polar surface area (TPSA) is 67.2 Å². The van der Waals surface area contributed by atoms with Gasteiger partial charge in [-0.25, -0.2) is 4.68 Å². The summed E-state index contributed by atoms with van der Waals surface area (Å²) in [5.74, 6) is 0.0916. The minimum Gasteiger partial charge on any atom is -0.356 e. The van der Waals surface area contributed by atoms with E-state index in [1.54, 1.807) is 4.68 Å². The number of carbonyl (C=O) groups is 1. The van der Waals surface area contributed by atoms with Crippen molar-refractivity contribution in [2.45, 2.75) is 38.6 Å². The van der Waals surface area contributed by atoms with E-state index in [9.17, 15) is 9.59 Å². The maximum atomic E-state index is 13.3. The molecule has 1 aromatic heterocycles. The normalized spacial score (nSPS) is 15.2. The number of aromatic nitrogens is 2. The Kier molecular flexibility index (Phi) is 7.22. The first-order chi connectivity index (χ1) is 15.5. The Morgan fingerprint density at radius 3 is 2.47 bits per heavy atom. The highest BCUT2D eigenvalue weighted by molar-refractivity contribution is 6.30. The Balaban J connectivity index is 1.54. The molecule has 32 heavy (non-hydrogen) atoms. The van der Waals surface area contributed by atoms with E-state index in [1.807, 2.05) is 55.5 Å². The molecule has 0 aliphatic carbocycles. The van der Waals surface area contributed by atoms with Crippen LogP contribution in [-0.2, 0) is 11.2 Å². The van der Waals surface area contributed by atoms with Gasteiger partial charge in [-0.1, -0.05) is 41.9 Å². The first-order valence-electron chi connectivity index (χ1n) is 11.3. The summed E-state index contributed by atoms with van der Waals surface area (Å²) in [6.07, 6.45) is 2.85. The lowest BCUT2D eigenvalue weighted by molar-refractivity contribution is -0.121. The maximum absolute atomic E-state index is 13.3. The molecular weight excluding hydrogens is 424 g/mol. The van der Waals surface area contributed by atoms with Gasteiger partial charge in [-0.15, -0.1) is 0 Å². The molecular formula is C25H29ClN4O2. The van der Waals surface area contributed by atoms with Crippen LogP contribution < -0.4 is 10.9 Å². The Morgan fingerprint density at radius 2 is 1.78 bits per heavy atom. The number of piperidine rings is 1. The van der Waals surface area contributed by atoms with Crippen LogP contribution in [0.25, 0.3) is 10.8 Å². The number of fused-ring (bicyclic) bond motifs is 1. The van der Waals surface area contributed by atoms with Gasteiger partial charge in [-0.2, -0.15) is 5.10 Å². The number of halogens is 1. The number of hydrogen-bond donors (Lipinski definition) is 1. The second-order valence-electron chi connectivity index (χ2n) is 8.32. The van der Waals surface area contributed by atoms with Crippen LogP contribution in [0.5, 0.6) is 0 Å². The van der Waals surface area contributed by atoms with Gasteiger partial charge in [0.15, 0.2) is 0 Å². The zero-order valence-electron chi connectivity index (χ0n) is 18.4. The van der Waals surface area contributed by atoms with Crippen molar-refractivity contribution in [3.8, 4) is 0 Å². The largest absolute Gasteiger partial charge is 0.356 e. The van der Waals surface area contributed by atoms with Crippen molar-refractivity contribution in [3.63, 3.8) is 0 Å². The number of nitrogens with zero attached hydrogens (tertiary/aromatic N) is 3. The molecule has 0 spiro atoms. The highest BCUT2D eigenvalue weighted by Crippen LogP contribution is 2.24. The number of rotatable bonds is 7. The van der Waals surface area contributed by atoms with Crippen LogP contribution in [0.3, 0.4) is 0 Å². The Hall–Kier alpha value is -2.70. The van der Waals surface area contributed by atoms with Gasteiger partial charge in [-0.05, 0) is 43.5 Å². The van der Waals surface area contributed by atoms with E-state index in [4.69, 9.17) is 16.7 Å². The van der Waals surface area contributed by atoms with E-state index in [2.05, 4.69) is 10.2 Å². The fourth-order valence-corrected chi connectivity index (χ4v) is 4.51. The van der Waals surface area contributed by atoms with Gasteiger partial charge in [0.2, 0.25) is 5.91 Å². The molecule has 1 aliphatic rings. The van der Waals surface area contributed by atoms with Gasteiger partial charge in [-0.3, -0.25) is 9.59 Å². The van der Waals surface area contributed by atoms with Crippen LogP contribution in [0.4, 0.5) is 0 Å². The van der Waals surface area contributed by atoms with Crippen molar-refractivity contribution in [1.82, 2.24) is 20.0 Å². The van der Waals surface area contributed by atoms with Crippen molar-refractivity contribution >= 4 is 28.3 Å². The highest BCUT2D eigenvalue weighted by Gasteiger charge is 2.24. The van der Waals surface area contributed by atoms with Crippen molar-refractivity contribution in [3.05, 3.63) is 75.2 Å². The van der Waals surface area contributed by atoms with Crippen molar-refractivity contribution < 1.29 is 4.79 Å². The molecule has 1 aliphatic heterocycles. The van der Waals surface area contributed by atoms with Crippen LogP contribution >= 0.6 is 11.6 Å². The third-order valence-electron chi connectivity index (χ3n) is 6.12. The smallest absolute Gasteiger partial charge is 0.274 e. The standard InChI is InChI=1S/C25H29ClN4O2/c1-2-27-24(31)13-16-29-14-11-20(12-15-29)30-25(32)22-6-4-3-5-21(22)23(28-30)17-18-7-9-19(26)10-8-18/h3-10,20H,2,11-17H2,1H3,(H,27,31). The maximum Gasteiger partial charge on any atom is 0.274 e. The molecule has 7 heteroatoms. The van der Waals surface area contributed by atoms with Gasteiger partial charge < -0.3 is 10.2 Å². The SMILES string of the molecule is CCNC(=O)CCN1CCC(n2nc(Cc3ccc(Cl)cc3)c3ccccc3c2=O)CC1. The molecule has 2 heterocycles. The molecule has 1 fully saturated rings. The molecule has 0 radical (unpaired) electrons. The highest BCUT2D eigenvalue weighted by atomic mass is 35.5. The van der Waals surface area contributed by atoms with E-state index < -0.39 is 0 Å². The second-order valence-corrected chi connectivity index (χ2v) is 8.76. The zero-order chi connectivity index (χ0) is 22.5. The van der Waals surface area contributed by atoms with Crippen molar-refractivity contribution in [2.75, 3.05) is 26.2 Å². The number of benzene rings is 2. The van der Waals surface area contributed by atoms with Crippen LogP contribution in [0.1, 0.15) is 43.5 Å². The minimum absolute atomic E-state index is 0.0266. The fraction of sp³-hybridized carbons (Fsp3) is 0.400. The summed E-state index contributed by atoms with van der Waals surface area (Å²) >= 11 is 6.04. The quantitative estimate of drug-likeness (QED) is 0.592.